The number of methoxy groups -OCH3 is 2. The largest absolute Gasteiger partial charge is 0.493 e. The van der Waals surface area contributed by atoms with E-state index < -0.39 is 0 Å². The molecule has 0 spiro atoms. The van der Waals surface area contributed by atoms with E-state index in [-0.39, 0.29) is 0 Å². The molecule has 0 aliphatic carbocycles. The van der Waals surface area contributed by atoms with Crippen LogP contribution in [0.3, 0.4) is 0 Å². The van der Waals surface area contributed by atoms with Crippen LogP contribution >= 0.6 is 27.3 Å². The lowest BCUT2D eigenvalue weighted by atomic mass is 9.99. The Bertz CT molecular complexity index is 641. The molecule has 1 aromatic heterocycles. The van der Waals surface area contributed by atoms with Crippen LogP contribution in [0.2, 0.25) is 0 Å². The number of quaternary nitrogens is 1. The van der Waals surface area contributed by atoms with Crippen molar-refractivity contribution in [2.24, 2.45) is 0 Å². The molecule has 1 atom stereocenters. The minimum atomic E-state index is 0.830. The number of nitrogens with one attached hydrogen (secondary N) is 1. The first-order valence-corrected chi connectivity index (χ1v) is 8.62. The van der Waals surface area contributed by atoms with Gasteiger partial charge >= 0.3 is 0 Å². The third-order valence-electron chi connectivity index (χ3n) is 3.95. The highest BCUT2D eigenvalue weighted by molar-refractivity contribution is 9.11. The Kier molecular flexibility index (Phi) is 4.52. The maximum absolute atomic E-state index is 5.42. The molecule has 112 valence electrons. The van der Waals surface area contributed by atoms with Crippen LogP contribution in [0.15, 0.2) is 28.1 Å². The summed E-state index contributed by atoms with van der Waals surface area (Å²) in [4.78, 5) is 3.03. The second-order valence-corrected chi connectivity index (χ2v) is 7.83. The molecule has 1 aliphatic heterocycles. The summed E-state index contributed by atoms with van der Waals surface area (Å²) >= 11 is 5.36. The van der Waals surface area contributed by atoms with Crippen molar-refractivity contribution in [2.75, 3.05) is 20.8 Å². The Morgan fingerprint density at radius 2 is 1.86 bits per heavy atom. The summed E-state index contributed by atoms with van der Waals surface area (Å²) < 4.78 is 12.0. The van der Waals surface area contributed by atoms with Gasteiger partial charge < -0.3 is 14.4 Å². The zero-order chi connectivity index (χ0) is 14.8. The molecule has 0 amide bonds. The summed E-state index contributed by atoms with van der Waals surface area (Å²) in [5.74, 6) is 1.67. The minimum Gasteiger partial charge on any atom is -0.493 e. The third kappa shape index (κ3) is 3.25. The Morgan fingerprint density at radius 1 is 1.14 bits per heavy atom. The highest BCUT2D eigenvalue weighted by Gasteiger charge is 2.22. The first-order chi connectivity index (χ1) is 10.2. The van der Waals surface area contributed by atoms with Crippen LogP contribution in [-0.4, -0.2) is 20.8 Å². The number of ether oxygens (including phenoxy) is 2. The third-order valence-corrected chi connectivity index (χ3v) is 5.57. The van der Waals surface area contributed by atoms with Gasteiger partial charge in [-0.05, 0) is 45.8 Å². The van der Waals surface area contributed by atoms with Gasteiger partial charge in [-0.2, -0.15) is 0 Å². The van der Waals surface area contributed by atoms with E-state index in [4.69, 9.17) is 9.47 Å². The van der Waals surface area contributed by atoms with Crippen molar-refractivity contribution in [3.63, 3.8) is 0 Å². The number of halogens is 1. The van der Waals surface area contributed by atoms with Gasteiger partial charge in [0.2, 0.25) is 0 Å². The Labute approximate surface area is 137 Å². The lowest BCUT2D eigenvalue weighted by Crippen LogP contribution is -3.10. The number of rotatable bonds is 4. The highest BCUT2D eigenvalue weighted by atomic mass is 79.9. The van der Waals surface area contributed by atoms with Crippen LogP contribution in [0.25, 0.3) is 0 Å². The second kappa shape index (κ2) is 6.38. The number of benzene rings is 1. The van der Waals surface area contributed by atoms with E-state index in [2.05, 4.69) is 40.2 Å². The van der Waals surface area contributed by atoms with Crippen molar-refractivity contribution >= 4 is 27.3 Å². The molecule has 2 heterocycles. The normalized spacial score (nSPS) is 17.4. The molecule has 1 N–H and O–H groups in total. The summed E-state index contributed by atoms with van der Waals surface area (Å²) in [7, 11) is 3.39. The van der Waals surface area contributed by atoms with Crippen molar-refractivity contribution in [2.45, 2.75) is 19.5 Å². The average Bonchev–Trinajstić information content (AvgIpc) is 2.90. The van der Waals surface area contributed by atoms with E-state index >= 15 is 0 Å². The van der Waals surface area contributed by atoms with Crippen LogP contribution in [0, 0.1) is 0 Å². The fourth-order valence-corrected chi connectivity index (χ4v) is 4.43. The molecule has 0 saturated heterocycles. The molecule has 0 bridgehead atoms. The van der Waals surface area contributed by atoms with E-state index in [0.29, 0.717) is 0 Å². The zero-order valence-electron chi connectivity index (χ0n) is 12.2. The highest BCUT2D eigenvalue weighted by Crippen LogP contribution is 2.31. The summed E-state index contributed by atoms with van der Waals surface area (Å²) in [6.45, 7) is 3.30. The van der Waals surface area contributed by atoms with Gasteiger partial charge in [0, 0.05) is 12.0 Å². The molecular weight excluding hydrogens is 350 g/mol. The smallest absolute Gasteiger partial charge is 0.161 e. The molecule has 0 fully saturated rings. The van der Waals surface area contributed by atoms with Gasteiger partial charge in [-0.1, -0.05) is 0 Å². The fourth-order valence-electron chi connectivity index (χ4n) is 2.87. The lowest BCUT2D eigenvalue weighted by Gasteiger charge is -2.26. The Balaban J connectivity index is 1.78. The topological polar surface area (TPSA) is 22.9 Å². The number of thiophene rings is 1. The summed E-state index contributed by atoms with van der Waals surface area (Å²) in [5.41, 5.74) is 2.77. The molecule has 21 heavy (non-hydrogen) atoms. The second-order valence-electron chi connectivity index (χ2n) is 5.29. The Morgan fingerprint density at radius 3 is 2.48 bits per heavy atom. The predicted molar refractivity (Wildman–Crippen MR) is 88.5 cm³/mol. The van der Waals surface area contributed by atoms with E-state index in [1.807, 2.05) is 11.3 Å². The van der Waals surface area contributed by atoms with E-state index in [1.165, 1.54) is 19.8 Å². The standard InChI is InChI=1S/C16H18BrNO2S/c1-19-14-7-11-5-6-18(9-12(11)8-15(14)20-2)10-13-3-4-16(17)21-13/h3-4,7-8H,5-6,9-10H2,1-2H3/p+1. The Hall–Kier alpha value is -1.04. The maximum Gasteiger partial charge on any atom is 0.161 e. The summed E-state index contributed by atoms with van der Waals surface area (Å²) in [6, 6.07) is 8.61. The lowest BCUT2D eigenvalue weighted by molar-refractivity contribution is -0.929. The van der Waals surface area contributed by atoms with Gasteiger partial charge in [0.25, 0.3) is 0 Å². The van der Waals surface area contributed by atoms with Crippen LogP contribution < -0.4 is 14.4 Å². The SMILES string of the molecule is COc1cc2c(cc1OC)C[NH+](Cc1ccc(Br)s1)CC2. The molecule has 0 radical (unpaired) electrons. The van der Waals surface area contributed by atoms with Crippen LogP contribution in [0.1, 0.15) is 16.0 Å². The molecule has 1 aromatic carbocycles. The van der Waals surface area contributed by atoms with Gasteiger partial charge in [0.1, 0.15) is 13.1 Å². The molecule has 0 saturated carbocycles. The minimum absolute atomic E-state index is 0.830. The first kappa shape index (κ1) is 14.9. The molecule has 2 aromatic rings. The predicted octanol–water partition coefficient (Wildman–Crippen LogP) is 2.67. The molecule has 5 heteroatoms. The van der Waals surface area contributed by atoms with Gasteiger partial charge in [-0.3, -0.25) is 0 Å². The van der Waals surface area contributed by atoms with Gasteiger partial charge in [-0.15, -0.1) is 11.3 Å². The van der Waals surface area contributed by atoms with Crippen LogP contribution in [-0.2, 0) is 19.5 Å². The van der Waals surface area contributed by atoms with E-state index in [9.17, 15) is 0 Å². The summed E-state index contributed by atoms with van der Waals surface area (Å²) in [5, 5.41) is 0. The average molecular weight is 369 g/mol. The van der Waals surface area contributed by atoms with Crippen LogP contribution in [0.4, 0.5) is 0 Å². The van der Waals surface area contributed by atoms with Gasteiger partial charge in [0.15, 0.2) is 11.5 Å². The number of hydrogen-bond donors (Lipinski definition) is 1. The maximum atomic E-state index is 5.42. The monoisotopic (exact) mass is 368 g/mol. The van der Waals surface area contributed by atoms with Gasteiger partial charge in [0.05, 0.1) is 29.4 Å². The summed E-state index contributed by atoms with van der Waals surface area (Å²) in [6.07, 6.45) is 1.09. The molecular formula is C16H19BrNO2S+. The number of hydrogen-bond acceptors (Lipinski definition) is 3. The molecule has 3 rings (SSSR count). The molecule has 1 aliphatic rings. The van der Waals surface area contributed by atoms with E-state index in [0.717, 1.165) is 37.6 Å². The van der Waals surface area contributed by atoms with Crippen molar-refractivity contribution in [1.82, 2.24) is 0 Å². The van der Waals surface area contributed by atoms with Crippen molar-refractivity contribution in [3.8, 4) is 11.5 Å². The van der Waals surface area contributed by atoms with Crippen LogP contribution in [0.5, 0.6) is 11.5 Å². The quantitative estimate of drug-likeness (QED) is 0.896. The van der Waals surface area contributed by atoms with Crippen molar-refractivity contribution in [1.29, 1.82) is 0 Å². The van der Waals surface area contributed by atoms with Gasteiger partial charge in [-0.25, -0.2) is 0 Å². The zero-order valence-corrected chi connectivity index (χ0v) is 14.6. The molecule has 3 nitrogen and oxygen atoms in total. The fraction of sp³-hybridized carbons (Fsp3) is 0.375. The molecule has 1 unspecified atom stereocenters. The van der Waals surface area contributed by atoms with Crippen molar-refractivity contribution in [3.05, 3.63) is 44.1 Å². The van der Waals surface area contributed by atoms with Crippen molar-refractivity contribution < 1.29 is 14.4 Å². The number of fused-ring (bicyclic) bond motifs is 1. The first-order valence-electron chi connectivity index (χ1n) is 7.01. The van der Waals surface area contributed by atoms with E-state index in [1.54, 1.807) is 19.1 Å².